The molecular weight excluding hydrogens is 219 g/mol. The third-order valence-corrected chi connectivity index (χ3v) is 2.38. The molecule has 0 saturated heterocycles. The van der Waals surface area contributed by atoms with Gasteiger partial charge in [-0.25, -0.2) is 4.39 Å². The van der Waals surface area contributed by atoms with Crippen molar-refractivity contribution in [1.29, 1.82) is 0 Å². The number of halogens is 1. The first-order chi connectivity index (χ1) is 8.00. The Hall–Kier alpha value is -1.58. The topological polar surface area (TPSA) is 41.1 Å². The van der Waals surface area contributed by atoms with Crippen molar-refractivity contribution in [2.45, 2.75) is 33.2 Å². The number of nitrogens with one attached hydrogen (secondary N) is 2. The number of rotatable bonds is 5. The summed E-state index contributed by atoms with van der Waals surface area (Å²) in [5.74, 6) is -0.233. The van der Waals surface area contributed by atoms with E-state index >= 15 is 0 Å². The lowest BCUT2D eigenvalue weighted by Gasteiger charge is -2.11. The van der Waals surface area contributed by atoms with Gasteiger partial charge >= 0.3 is 0 Å². The standard InChI is InChI=1S/C13H19FN2O/c1-9(2)16-13(17)7-8-15-12-6-4-5-11(14)10(12)3/h4-6,9,15H,7-8H2,1-3H3,(H,16,17). The van der Waals surface area contributed by atoms with Crippen molar-refractivity contribution in [2.75, 3.05) is 11.9 Å². The molecule has 0 aromatic heterocycles. The lowest BCUT2D eigenvalue weighted by molar-refractivity contribution is -0.121. The smallest absolute Gasteiger partial charge is 0.221 e. The highest BCUT2D eigenvalue weighted by molar-refractivity contribution is 5.76. The Labute approximate surface area is 101 Å². The molecule has 0 bridgehead atoms. The number of hydrogen-bond donors (Lipinski definition) is 2. The molecule has 0 aliphatic heterocycles. The van der Waals surface area contributed by atoms with Crippen molar-refractivity contribution in [3.8, 4) is 0 Å². The zero-order valence-corrected chi connectivity index (χ0v) is 10.5. The maximum absolute atomic E-state index is 13.2. The Morgan fingerprint density at radius 2 is 2.12 bits per heavy atom. The predicted octanol–water partition coefficient (Wildman–Crippen LogP) is 2.46. The summed E-state index contributed by atoms with van der Waals surface area (Å²) in [6, 6.07) is 5.03. The maximum atomic E-state index is 13.2. The number of carbonyl (C=O) groups excluding carboxylic acids is 1. The minimum absolute atomic E-state index is 0.00144. The average molecular weight is 238 g/mol. The van der Waals surface area contributed by atoms with E-state index in [2.05, 4.69) is 10.6 Å². The van der Waals surface area contributed by atoms with Crippen LogP contribution in [0.1, 0.15) is 25.8 Å². The highest BCUT2D eigenvalue weighted by atomic mass is 19.1. The largest absolute Gasteiger partial charge is 0.384 e. The van der Waals surface area contributed by atoms with Crippen LogP contribution in [-0.2, 0) is 4.79 Å². The maximum Gasteiger partial charge on any atom is 0.221 e. The van der Waals surface area contributed by atoms with Crippen LogP contribution in [0.2, 0.25) is 0 Å². The second-order valence-electron chi connectivity index (χ2n) is 4.31. The Balaban J connectivity index is 2.41. The Morgan fingerprint density at radius 1 is 1.41 bits per heavy atom. The van der Waals surface area contributed by atoms with Crippen LogP contribution in [0, 0.1) is 12.7 Å². The van der Waals surface area contributed by atoms with E-state index < -0.39 is 0 Å². The van der Waals surface area contributed by atoms with Crippen LogP contribution in [-0.4, -0.2) is 18.5 Å². The van der Waals surface area contributed by atoms with Gasteiger partial charge in [0.15, 0.2) is 0 Å². The summed E-state index contributed by atoms with van der Waals surface area (Å²) in [4.78, 5) is 11.4. The third kappa shape index (κ3) is 4.43. The van der Waals surface area contributed by atoms with Crippen LogP contribution >= 0.6 is 0 Å². The molecule has 0 heterocycles. The summed E-state index contributed by atoms with van der Waals surface area (Å²) in [5.41, 5.74) is 1.32. The van der Waals surface area contributed by atoms with E-state index in [0.717, 1.165) is 5.69 Å². The molecule has 4 heteroatoms. The minimum Gasteiger partial charge on any atom is -0.384 e. The minimum atomic E-state index is -0.235. The molecule has 0 aliphatic carbocycles. The van der Waals surface area contributed by atoms with Crippen molar-refractivity contribution >= 4 is 11.6 Å². The average Bonchev–Trinajstić information content (AvgIpc) is 2.23. The van der Waals surface area contributed by atoms with Gasteiger partial charge in [-0.2, -0.15) is 0 Å². The zero-order valence-electron chi connectivity index (χ0n) is 10.5. The summed E-state index contributed by atoms with van der Waals surface area (Å²) in [6.07, 6.45) is 0.383. The van der Waals surface area contributed by atoms with Gasteiger partial charge in [-0.3, -0.25) is 4.79 Å². The van der Waals surface area contributed by atoms with E-state index in [0.29, 0.717) is 18.5 Å². The zero-order chi connectivity index (χ0) is 12.8. The van der Waals surface area contributed by atoms with Crippen molar-refractivity contribution in [3.63, 3.8) is 0 Å². The fourth-order valence-corrected chi connectivity index (χ4v) is 1.50. The molecule has 0 radical (unpaired) electrons. The van der Waals surface area contributed by atoms with E-state index in [9.17, 15) is 9.18 Å². The van der Waals surface area contributed by atoms with Gasteiger partial charge in [0.1, 0.15) is 5.82 Å². The number of anilines is 1. The molecular formula is C13H19FN2O. The lowest BCUT2D eigenvalue weighted by atomic mass is 10.2. The van der Waals surface area contributed by atoms with Crippen molar-refractivity contribution in [3.05, 3.63) is 29.6 Å². The number of hydrogen-bond acceptors (Lipinski definition) is 2. The molecule has 0 spiro atoms. The van der Waals surface area contributed by atoms with Gasteiger partial charge in [0.2, 0.25) is 5.91 Å². The fourth-order valence-electron chi connectivity index (χ4n) is 1.50. The van der Waals surface area contributed by atoms with Gasteiger partial charge in [0, 0.05) is 30.3 Å². The SMILES string of the molecule is Cc1c(F)cccc1NCCC(=O)NC(C)C. The number of carbonyl (C=O) groups is 1. The molecule has 0 aliphatic rings. The summed E-state index contributed by atoms with van der Waals surface area (Å²) in [7, 11) is 0. The Morgan fingerprint density at radius 3 is 2.76 bits per heavy atom. The van der Waals surface area contributed by atoms with Crippen molar-refractivity contribution in [2.24, 2.45) is 0 Å². The van der Waals surface area contributed by atoms with Gasteiger partial charge in [-0.1, -0.05) is 6.07 Å². The molecule has 3 nitrogen and oxygen atoms in total. The summed E-state index contributed by atoms with van der Waals surface area (Å²) >= 11 is 0. The predicted molar refractivity (Wildman–Crippen MR) is 67.5 cm³/mol. The van der Waals surface area contributed by atoms with Gasteiger partial charge in [0.05, 0.1) is 0 Å². The summed E-state index contributed by atoms with van der Waals surface area (Å²) in [5, 5.41) is 5.86. The van der Waals surface area contributed by atoms with Crippen LogP contribution in [0.4, 0.5) is 10.1 Å². The van der Waals surface area contributed by atoms with E-state index in [1.807, 2.05) is 13.8 Å². The quantitative estimate of drug-likeness (QED) is 0.827. The van der Waals surface area contributed by atoms with Gasteiger partial charge in [0.25, 0.3) is 0 Å². The van der Waals surface area contributed by atoms with Gasteiger partial charge < -0.3 is 10.6 Å². The van der Waals surface area contributed by atoms with Crippen LogP contribution in [0.25, 0.3) is 0 Å². The Bertz CT molecular complexity index is 391. The molecule has 2 N–H and O–H groups in total. The van der Waals surface area contributed by atoms with E-state index in [4.69, 9.17) is 0 Å². The van der Waals surface area contributed by atoms with Crippen LogP contribution in [0.5, 0.6) is 0 Å². The fraction of sp³-hybridized carbons (Fsp3) is 0.462. The second kappa shape index (κ2) is 6.23. The summed E-state index contributed by atoms with van der Waals surface area (Å²) in [6.45, 7) is 6.05. The lowest BCUT2D eigenvalue weighted by Crippen LogP contribution is -2.31. The van der Waals surface area contributed by atoms with Crippen molar-refractivity contribution < 1.29 is 9.18 Å². The highest BCUT2D eigenvalue weighted by Gasteiger charge is 2.05. The van der Waals surface area contributed by atoms with Crippen LogP contribution in [0.15, 0.2) is 18.2 Å². The first-order valence-electron chi connectivity index (χ1n) is 5.79. The normalized spacial score (nSPS) is 10.4. The molecule has 1 aromatic carbocycles. The molecule has 0 atom stereocenters. The van der Waals surface area contributed by atoms with Crippen molar-refractivity contribution in [1.82, 2.24) is 5.32 Å². The first-order valence-corrected chi connectivity index (χ1v) is 5.79. The third-order valence-electron chi connectivity index (χ3n) is 2.38. The van der Waals surface area contributed by atoms with E-state index in [1.165, 1.54) is 6.07 Å². The molecule has 0 saturated carbocycles. The monoisotopic (exact) mass is 238 g/mol. The Kier molecular flexibility index (Phi) is 4.94. The number of amides is 1. The molecule has 1 aromatic rings. The van der Waals surface area contributed by atoms with Crippen LogP contribution < -0.4 is 10.6 Å². The number of benzene rings is 1. The molecule has 0 unspecified atom stereocenters. The van der Waals surface area contributed by atoms with E-state index in [-0.39, 0.29) is 17.8 Å². The molecule has 17 heavy (non-hydrogen) atoms. The highest BCUT2D eigenvalue weighted by Crippen LogP contribution is 2.16. The second-order valence-corrected chi connectivity index (χ2v) is 4.31. The van der Waals surface area contributed by atoms with Crippen LogP contribution in [0.3, 0.4) is 0 Å². The van der Waals surface area contributed by atoms with Gasteiger partial charge in [-0.15, -0.1) is 0 Å². The van der Waals surface area contributed by atoms with Gasteiger partial charge in [-0.05, 0) is 32.9 Å². The first kappa shape index (κ1) is 13.5. The molecule has 1 amide bonds. The molecule has 1 rings (SSSR count). The summed E-state index contributed by atoms with van der Waals surface area (Å²) < 4.78 is 13.2. The molecule has 0 fully saturated rings. The molecule has 94 valence electrons. The van der Waals surface area contributed by atoms with E-state index in [1.54, 1.807) is 19.1 Å².